The van der Waals surface area contributed by atoms with Gasteiger partial charge in [0.1, 0.15) is 0 Å². The van der Waals surface area contributed by atoms with Crippen molar-refractivity contribution in [2.75, 3.05) is 19.8 Å². The number of nitrogens with one attached hydrogen (secondary N) is 2. The number of ether oxygens (including phenoxy) is 3. The highest BCUT2D eigenvalue weighted by molar-refractivity contribution is 5.96. The Bertz CT molecular complexity index is 784. The number of pyridine rings is 1. The molecule has 1 aromatic heterocycles. The number of rotatable bonds is 10. The second kappa shape index (κ2) is 11.5. The molecule has 8 nitrogen and oxygen atoms in total. The zero-order valence-electron chi connectivity index (χ0n) is 17.0. The quantitative estimate of drug-likeness (QED) is 0.594. The summed E-state index contributed by atoms with van der Waals surface area (Å²) in [5.74, 6) is 0.489. The summed E-state index contributed by atoms with van der Waals surface area (Å²) >= 11 is 0. The van der Waals surface area contributed by atoms with Gasteiger partial charge >= 0.3 is 0 Å². The van der Waals surface area contributed by atoms with Crippen LogP contribution in [0.3, 0.4) is 0 Å². The van der Waals surface area contributed by atoms with Crippen LogP contribution < -0.4 is 25.1 Å². The second-order valence-corrected chi connectivity index (χ2v) is 5.96. The topological polar surface area (TPSA) is 98.8 Å². The van der Waals surface area contributed by atoms with Gasteiger partial charge in [0.25, 0.3) is 5.91 Å². The van der Waals surface area contributed by atoms with E-state index in [1.54, 1.807) is 24.5 Å². The van der Waals surface area contributed by atoms with Gasteiger partial charge in [-0.1, -0.05) is 6.07 Å². The number of aromatic nitrogens is 1. The lowest BCUT2D eigenvalue weighted by Crippen LogP contribution is -2.41. The standard InChI is InChI=1S/C21H27N3O5/c1-4-27-17-12-16(13-18(28-5-2)20(17)29-6-3)21(26)24-23-19(25)10-9-15-8-7-11-22-14-15/h7-8,11-14H,4-6,9-10H2,1-3H3,(H,23,25)(H,24,26). The molecule has 1 aromatic carbocycles. The van der Waals surface area contributed by atoms with Gasteiger partial charge in [-0.3, -0.25) is 25.4 Å². The van der Waals surface area contributed by atoms with Gasteiger partial charge < -0.3 is 14.2 Å². The van der Waals surface area contributed by atoms with Crippen LogP contribution in [-0.4, -0.2) is 36.6 Å². The highest BCUT2D eigenvalue weighted by Gasteiger charge is 2.18. The summed E-state index contributed by atoms with van der Waals surface area (Å²) in [5, 5.41) is 0. The Morgan fingerprint density at radius 2 is 1.62 bits per heavy atom. The molecule has 2 N–H and O–H groups in total. The molecule has 0 atom stereocenters. The Kier molecular flexibility index (Phi) is 8.75. The maximum atomic E-state index is 12.5. The van der Waals surface area contributed by atoms with Crippen LogP contribution in [0.4, 0.5) is 0 Å². The molecule has 0 saturated carbocycles. The number of hydrogen-bond donors (Lipinski definition) is 2. The monoisotopic (exact) mass is 401 g/mol. The maximum absolute atomic E-state index is 12.5. The van der Waals surface area contributed by atoms with E-state index in [0.717, 1.165) is 5.56 Å². The minimum atomic E-state index is -0.482. The number of hydrogen-bond acceptors (Lipinski definition) is 6. The predicted octanol–water partition coefficient (Wildman–Crippen LogP) is 2.67. The van der Waals surface area contributed by atoms with Crippen molar-refractivity contribution in [1.82, 2.24) is 15.8 Å². The summed E-state index contributed by atoms with van der Waals surface area (Å²) in [5.41, 5.74) is 6.07. The van der Waals surface area contributed by atoms with Crippen molar-refractivity contribution in [3.05, 3.63) is 47.8 Å². The number of carbonyl (C=O) groups excluding carboxylic acids is 2. The van der Waals surface area contributed by atoms with Crippen molar-refractivity contribution in [3.8, 4) is 17.2 Å². The minimum Gasteiger partial charge on any atom is -0.490 e. The zero-order valence-corrected chi connectivity index (χ0v) is 17.0. The number of nitrogens with zero attached hydrogens (tertiary/aromatic N) is 1. The Balaban J connectivity index is 2.03. The summed E-state index contributed by atoms with van der Waals surface area (Å²) in [6.07, 6.45) is 4.13. The van der Waals surface area contributed by atoms with Crippen molar-refractivity contribution in [2.45, 2.75) is 33.6 Å². The van der Waals surface area contributed by atoms with E-state index >= 15 is 0 Å². The average Bonchev–Trinajstić information content (AvgIpc) is 2.73. The lowest BCUT2D eigenvalue weighted by molar-refractivity contribution is -0.121. The van der Waals surface area contributed by atoms with Crippen LogP contribution in [0.2, 0.25) is 0 Å². The van der Waals surface area contributed by atoms with E-state index in [1.807, 2.05) is 32.9 Å². The summed E-state index contributed by atoms with van der Waals surface area (Å²) in [6.45, 7) is 6.77. The van der Waals surface area contributed by atoms with E-state index in [0.29, 0.717) is 43.5 Å². The molecule has 29 heavy (non-hydrogen) atoms. The first kappa shape index (κ1) is 22.0. The molecular weight excluding hydrogens is 374 g/mol. The molecule has 0 fully saturated rings. The molecule has 0 unspecified atom stereocenters. The largest absolute Gasteiger partial charge is 0.490 e. The van der Waals surface area contributed by atoms with Crippen molar-refractivity contribution >= 4 is 11.8 Å². The van der Waals surface area contributed by atoms with E-state index < -0.39 is 5.91 Å². The average molecular weight is 401 g/mol. The van der Waals surface area contributed by atoms with Crippen LogP contribution in [0, 0.1) is 0 Å². The van der Waals surface area contributed by atoms with Gasteiger partial charge in [-0.25, -0.2) is 0 Å². The normalized spacial score (nSPS) is 10.2. The molecular formula is C21H27N3O5. The molecule has 0 radical (unpaired) electrons. The van der Waals surface area contributed by atoms with Crippen molar-refractivity contribution in [1.29, 1.82) is 0 Å². The third kappa shape index (κ3) is 6.67. The molecule has 1 heterocycles. The van der Waals surface area contributed by atoms with E-state index in [1.165, 1.54) is 0 Å². The van der Waals surface area contributed by atoms with Gasteiger partial charge in [-0.05, 0) is 51.0 Å². The summed E-state index contributed by atoms with van der Waals surface area (Å²) in [6, 6.07) is 6.83. The van der Waals surface area contributed by atoms with E-state index in [9.17, 15) is 9.59 Å². The second-order valence-electron chi connectivity index (χ2n) is 5.96. The van der Waals surface area contributed by atoms with Crippen LogP contribution in [0.15, 0.2) is 36.7 Å². The number of amides is 2. The molecule has 0 aliphatic heterocycles. The minimum absolute atomic E-state index is 0.226. The van der Waals surface area contributed by atoms with Crippen LogP contribution in [0.25, 0.3) is 0 Å². The molecule has 0 saturated heterocycles. The van der Waals surface area contributed by atoms with Crippen LogP contribution in [0.5, 0.6) is 17.2 Å². The number of hydrazine groups is 1. The molecule has 0 aliphatic carbocycles. The van der Waals surface area contributed by atoms with Crippen LogP contribution >= 0.6 is 0 Å². The molecule has 0 bridgehead atoms. The Labute approximate surface area is 170 Å². The van der Waals surface area contributed by atoms with Crippen molar-refractivity contribution in [2.24, 2.45) is 0 Å². The predicted molar refractivity (Wildman–Crippen MR) is 108 cm³/mol. The SMILES string of the molecule is CCOc1cc(C(=O)NNC(=O)CCc2cccnc2)cc(OCC)c1OCC. The van der Waals surface area contributed by atoms with Crippen LogP contribution in [0.1, 0.15) is 43.1 Å². The van der Waals surface area contributed by atoms with Gasteiger partial charge in [0, 0.05) is 24.4 Å². The fraction of sp³-hybridized carbons (Fsp3) is 0.381. The molecule has 0 spiro atoms. The highest BCUT2D eigenvalue weighted by Crippen LogP contribution is 2.39. The van der Waals surface area contributed by atoms with Gasteiger partial charge in [-0.2, -0.15) is 0 Å². The van der Waals surface area contributed by atoms with E-state index in [-0.39, 0.29) is 17.9 Å². The van der Waals surface area contributed by atoms with Crippen LogP contribution in [-0.2, 0) is 11.2 Å². The first-order valence-electron chi connectivity index (χ1n) is 9.63. The van der Waals surface area contributed by atoms with E-state index in [4.69, 9.17) is 14.2 Å². The number of aryl methyl sites for hydroxylation is 1. The van der Waals surface area contributed by atoms with Gasteiger partial charge in [0.05, 0.1) is 19.8 Å². The third-order valence-electron chi connectivity index (χ3n) is 3.85. The molecule has 8 heteroatoms. The lowest BCUT2D eigenvalue weighted by atomic mass is 10.1. The fourth-order valence-electron chi connectivity index (χ4n) is 2.58. The number of carbonyl (C=O) groups is 2. The Hall–Kier alpha value is -3.29. The molecule has 0 aliphatic rings. The first-order chi connectivity index (χ1) is 14.1. The lowest BCUT2D eigenvalue weighted by Gasteiger charge is -2.17. The molecule has 2 aromatic rings. The summed E-state index contributed by atoms with van der Waals surface area (Å²) < 4.78 is 16.8. The van der Waals surface area contributed by atoms with Gasteiger partial charge in [0.2, 0.25) is 11.7 Å². The first-order valence-corrected chi connectivity index (χ1v) is 9.63. The number of benzene rings is 1. The molecule has 2 amide bonds. The van der Waals surface area contributed by atoms with E-state index in [2.05, 4.69) is 15.8 Å². The fourth-order valence-corrected chi connectivity index (χ4v) is 2.58. The Morgan fingerprint density at radius 3 is 2.17 bits per heavy atom. The van der Waals surface area contributed by atoms with Gasteiger partial charge in [-0.15, -0.1) is 0 Å². The molecule has 2 rings (SSSR count). The van der Waals surface area contributed by atoms with Crippen molar-refractivity contribution in [3.63, 3.8) is 0 Å². The summed E-state index contributed by atoms with van der Waals surface area (Å²) in [7, 11) is 0. The maximum Gasteiger partial charge on any atom is 0.269 e. The van der Waals surface area contributed by atoms with Gasteiger partial charge in [0.15, 0.2) is 11.5 Å². The zero-order chi connectivity index (χ0) is 21.1. The smallest absolute Gasteiger partial charge is 0.269 e. The Morgan fingerprint density at radius 1 is 0.966 bits per heavy atom. The summed E-state index contributed by atoms with van der Waals surface area (Å²) in [4.78, 5) is 28.5. The molecule has 156 valence electrons. The highest BCUT2D eigenvalue weighted by atomic mass is 16.5. The third-order valence-corrected chi connectivity index (χ3v) is 3.85. The van der Waals surface area contributed by atoms with Crippen molar-refractivity contribution < 1.29 is 23.8 Å².